The maximum Gasteiger partial charge on any atom is 0.318 e. The Kier molecular flexibility index (Phi) is 6.38. The summed E-state index contributed by atoms with van der Waals surface area (Å²) < 4.78 is 32.1. The van der Waals surface area contributed by atoms with Gasteiger partial charge in [-0.2, -0.15) is 4.31 Å². The Morgan fingerprint density at radius 1 is 1.23 bits per heavy atom. The van der Waals surface area contributed by atoms with Crippen LogP contribution < -0.4 is 10.1 Å². The van der Waals surface area contributed by atoms with Gasteiger partial charge in [-0.3, -0.25) is 4.79 Å². The highest BCUT2D eigenvalue weighted by Crippen LogP contribution is 2.27. The van der Waals surface area contributed by atoms with Crippen LogP contribution in [0.15, 0.2) is 53.6 Å². The number of carbonyl (C=O) groups is 2. The Labute approximate surface area is 173 Å². The molecule has 1 heterocycles. The third-order valence-electron chi connectivity index (χ3n) is 4.47. The molecule has 30 heavy (non-hydrogen) atoms. The number of anilines is 1. The van der Waals surface area contributed by atoms with Gasteiger partial charge >= 0.3 is 5.97 Å². The number of methoxy groups -OCH3 is 1. The predicted octanol–water partition coefficient (Wildman–Crippen LogP) is 2.06. The van der Waals surface area contributed by atoms with E-state index in [1.165, 1.54) is 31.4 Å². The lowest BCUT2D eigenvalue weighted by Crippen LogP contribution is -2.35. The fourth-order valence-corrected chi connectivity index (χ4v) is 4.47. The third kappa shape index (κ3) is 4.61. The van der Waals surface area contributed by atoms with Crippen LogP contribution in [0.3, 0.4) is 0 Å². The number of H-pyrrole nitrogens is 1. The van der Waals surface area contributed by atoms with Crippen molar-refractivity contribution >= 4 is 38.9 Å². The van der Waals surface area contributed by atoms with Gasteiger partial charge in [0.1, 0.15) is 18.6 Å². The number of sulfonamides is 1. The number of carboxylic acid groups (broad SMARTS) is 1. The second-order valence-corrected chi connectivity index (χ2v) is 8.41. The first kappa shape index (κ1) is 21.3. The zero-order chi connectivity index (χ0) is 21.7. The molecule has 3 N–H and O–H groups in total. The summed E-state index contributed by atoms with van der Waals surface area (Å²) in [5.41, 5.74) is 1.95. The lowest BCUT2D eigenvalue weighted by molar-refractivity contribution is -0.137. The number of benzene rings is 2. The van der Waals surface area contributed by atoms with Gasteiger partial charge in [-0.25, -0.2) is 8.42 Å². The van der Waals surface area contributed by atoms with Crippen LogP contribution in [0, 0.1) is 0 Å². The smallest absolute Gasteiger partial charge is 0.318 e. The highest BCUT2D eigenvalue weighted by molar-refractivity contribution is 7.89. The first-order valence-corrected chi connectivity index (χ1v) is 10.4. The van der Waals surface area contributed by atoms with E-state index in [0.29, 0.717) is 17.0 Å². The molecule has 0 aliphatic rings. The van der Waals surface area contributed by atoms with E-state index >= 15 is 0 Å². The molecular weight excluding hydrogens is 410 g/mol. The predicted molar refractivity (Wildman–Crippen MR) is 111 cm³/mol. The molecular formula is C20H21N3O6S. The van der Waals surface area contributed by atoms with Crippen LogP contribution in [0.25, 0.3) is 10.9 Å². The average molecular weight is 431 g/mol. The van der Waals surface area contributed by atoms with Gasteiger partial charge in [-0.15, -0.1) is 0 Å². The number of aromatic nitrogens is 1. The zero-order valence-electron chi connectivity index (χ0n) is 16.2. The zero-order valence-corrected chi connectivity index (χ0v) is 17.0. The van der Waals surface area contributed by atoms with Crippen LogP contribution in [0.2, 0.25) is 0 Å². The summed E-state index contributed by atoms with van der Waals surface area (Å²) in [4.78, 5) is 25.1. The van der Waals surface area contributed by atoms with Crippen molar-refractivity contribution in [3.8, 4) is 5.75 Å². The maximum absolute atomic E-state index is 13.1. The third-order valence-corrected chi connectivity index (χ3v) is 6.28. The molecule has 0 saturated heterocycles. The van der Waals surface area contributed by atoms with E-state index in [2.05, 4.69) is 10.3 Å². The van der Waals surface area contributed by atoms with Gasteiger partial charge in [0.2, 0.25) is 10.0 Å². The van der Waals surface area contributed by atoms with E-state index < -0.39 is 22.5 Å². The van der Waals surface area contributed by atoms with Crippen molar-refractivity contribution in [1.82, 2.24) is 9.29 Å². The summed E-state index contributed by atoms with van der Waals surface area (Å²) in [6, 6.07) is 11.0. The number of aliphatic carboxylic acids is 1. The van der Waals surface area contributed by atoms with E-state index in [-0.39, 0.29) is 18.0 Å². The number of nitrogens with one attached hydrogen (secondary N) is 2. The van der Waals surface area contributed by atoms with Crippen molar-refractivity contribution < 1.29 is 27.9 Å². The molecule has 9 nitrogen and oxygen atoms in total. The summed E-state index contributed by atoms with van der Waals surface area (Å²) in [5, 5.41) is 13.1. The van der Waals surface area contributed by atoms with Crippen molar-refractivity contribution in [3.63, 3.8) is 0 Å². The number of hydrogen-bond acceptors (Lipinski definition) is 6. The lowest BCUT2D eigenvalue weighted by atomic mass is 10.1. The molecule has 0 aliphatic heterocycles. The number of carboxylic acids is 1. The second kappa shape index (κ2) is 8.97. The summed E-state index contributed by atoms with van der Waals surface area (Å²) in [7, 11) is -2.61. The van der Waals surface area contributed by atoms with Crippen molar-refractivity contribution in [3.05, 3.63) is 54.2 Å². The highest BCUT2D eigenvalue weighted by Gasteiger charge is 2.27. The highest BCUT2D eigenvalue weighted by atomic mass is 32.2. The standard InChI is InChI=1S/C20H21N3O6S/c1-29-15-2-4-16(5-3-15)30(27,28)23(13-20(25)26)12-14-10-18-17(6-7-21-18)19(11-14)22-8-9-24/h2-7,9-11,21-22H,8,12-13H2,1H3,(H,25,26). The summed E-state index contributed by atoms with van der Waals surface area (Å²) in [5.74, 6) is -0.783. The van der Waals surface area contributed by atoms with E-state index in [0.717, 1.165) is 21.5 Å². The number of ether oxygens (including phenoxy) is 1. The summed E-state index contributed by atoms with van der Waals surface area (Å²) in [6.45, 7) is -0.771. The van der Waals surface area contributed by atoms with Crippen molar-refractivity contribution in [2.75, 3.05) is 25.5 Å². The Hall–Kier alpha value is -3.37. The molecule has 0 radical (unpaired) electrons. The minimum atomic E-state index is -4.08. The van der Waals surface area contributed by atoms with E-state index in [1.807, 2.05) is 6.07 Å². The number of aldehydes is 1. The quantitative estimate of drug-likeness (QED) is 0.419. The number of nitrogens with zero attached hydrogens (tertiary/aromatic N) is 1. The molecule has 0 aliphatic carbocycles. The molecule has 0 amide bonds. The molecule has 0 atom stereocenters. The number of hydrogen-bond donors (Lipinski definition) is 3. The summed E-state index contributed by atoms with van der Waals surface area (Å²) in [6.07, 6.45) is 2.44. The van der Waals surface area contributed by atoms with Gasteiger partial charge in [-0.1, -0.05) is 0 Å². The maximum atomic E-state index is 13.1. The average Bonchev–Trinajstić information content (AvgIpc) is 3.20. The van der Waals surface area contributed by atoms with Gasteiger partial charge in [0, 0.05) is 29.3 Å². The molecule has 2 aromatic carbocycles. The van der Waals surface area contributed by atoms with Gasteiger partial charge in [0.25, 0.3) is 0 Å². The molecule has 0 spiro atoms. The normalized spacial score (nSPS) is 11.5. The fourth-order valence-electron chi connectivity index (χ4n) is 3.09. The van der Waals surface area contributed by atoms with Crippen molar-refractivity contribution in [2.45, 2.75) is 11.4 Å². The van der Waals surface area contributed by atoms with Crippen molar-refractivity contribution in [2.24, 2.45) is 0 Å². The largest absolute Gasteiger partial charge is 0.497 e. The molecule has 10 heteroatoms. The summed E-state index contributed by atoms with van der Waals surface area (Å²) >= 11 is 0. The fraction of sp³-hybridized carbons (Fsp3) is 0.200. The minimum Gasteiger partial charge on any atom is -0.497 e. The molecule has 1 aromatic heterocycles. The second-order valence-electron chi connectivity index (χ2n) is 6.47. The number of aromatic amines is 1. The minimum absolute atomic E-state index is 0.0372. The Balaban J connectivity index is 1.98. The van der Waals surface area contributed by atoms with Crippen LogP contribution >= 0.6 is 0 Å². The van der Waals surface area contributed by atoms with E-state index in [1.54, 1.807) is 18.3 Å². The Morgan fingerprint density at radius 3 is 2.60 bits per heavy atom. The number of fused-ring (bicyclic) bond motifs is 1. The van der Waals surface area contributed by atoms with Crippen molar-refractivity contribution in [1.29, 1.82) is 0 Å². The van der Waals surface area contributed by atoms with E-state index in [9.17, 15) is 23.1 Å². The van der Waals surface area contributed by atoms with Gasteiger partial charge < -0.3 is 24.9 Å². The van der Waals surface area contributed by atoms with Crippen LogP contribution in [-0.2, 0) is 26.2 Å². The first-order chi connectivity index (χ1) is 14.3. The number of carbonyl (C=O) groups excluding carboxylic acids is 1. The monoisotopic (exact) mass is 431 g/mol. The van der Waals surface area contributed by atoms with E-state index in [4.69, 9.17) is 4.74 Å². The van der Waals surface area contributed by atoms with Crippen LogP contribution in [0.4, 0.5) is 5.69 Å². The SMILES string of the molecule is COc1ccc(S(=O)(=O)N(CC(=O)O)Cc2cc(NCC=O)c3cc[nH]c3c2)cc1. The molecule has 0 bridgehead atoms. The van der Waals surface area contributed by atoms with Gasteiger partial charge in [0.05, 0.1) is 18.6 Å². The molecule has 0 saturated carbocycles. The Bertz CT molecular complexity index is 1160. The molecule has 3 aromatic rings. The van der Waals surface area contributed by atoms with Gasteiger partial charge in [0.15, 0.2) is 0 Å². The Morgan fingerprint density at radius 2 is 1.97 bits per heavy atom. The lowest BCUT2D eigenvalue weighted by Gasteiger charge is -2.21. The topological polar surface area (TPSA) is 129 Å². The number of rotatable bonds is 10. The molecule has 0 unspecified atom stereocenters. The molecule has 158 valence electrons. The first-order valence-electron chi connectivity index (χ1n) is 8.98. The van der Waals surface area contributed by atoms with Gasteiger partial charge in [-0.05, 0) is 48.0 Å². The van der Waals surface area contributed by atoms with Crippen LogP contribution in [0.1, 0.15) is 5.56 Å². The molecule has 3 rings (SSSR count). The van der Waals surface area contributed by atoms with Crippen LogP contribution in [-0.4, -0.2) is 55.3 Å². The van der Waals surface area contributed by atoms with Crippen LogP contribution in [0.5, 0.6) is 5.75 Å². The molecule has 0 fully saturated rings.